The third-order valence-corrected chi connectivity index (χ3v) is 4.24. The second-order valence-corrected chi connectivity index (χ2v) is 7.71. The number of carbonyl (C=O) groups is 1. The van der Waals surface area contributed by atoms with E-state index in [1.807, 2.05) is 37.4 Å². The molecule has 0 atom stereocenters. The van der Waals surface area contributed by atoms with Gasteiger partial charge in [-0.05, 0) is 5.56 Å². The molecule has 1 heterocycles. The second-order valence-electron chi connectivity index (χ2n) is 7.71. The summed E-state index contributed by atoms with van der Waals surface area (Å²) in [5, 5.41) is 6.30. The Kier molecular flexibility index (Phi) is 7.61. The van der Waals surface area contributed by atoms with E-state index in [4.69, 9.17) is 4.42 Å². The number of aromatic nitrogens is 1. The number of rotatable bonds is 7. The van der Waals surface area contributed by atoms with Crippen molar-refractivity contribution in [2.45, 2.75) is 45.7 Å². The summed E-state index contributed by atoms with van der Waals surface area (Å²) in [6, 6.07) is 9.95. The maximum atomic E-state index is 12.3. The predicted molar refractivity (Wildman–Crippen MR) is 111 cm³/mol. The first-order chi connectivity index (χ1) is 13.3. The van der Waals surface area contributed by atoms with E-state index in [-0.39, 0.29) is 11.3 Å². The van der Waals surface area contributed by atoms with Gasteiger partial charge in [0, 0.05) is 39.0 Å². The number of oxazole rings is 1. The maximum Gasteiger partial charge on any atom is 0.224 e. The van der Waals surface area contributed by atoms with Gasteiger partial charge in [0.15, 0.2) is 5.96 Å². The number of benzene rings is 1. The minimum absolute atomic E-state index is 0.0721. The SMILES string of the molecule is CN=C(NCCC(=O)N(C)Cc1ccccc1)NCc1ncc(C(C)(C)C)o1. The molecule has 0 aliphatic heterocycles. The molecule has 0 bridgehead atoms. The van der Waals surface area contributed by atoms with Crippen LogP contribution in [-0.2, 0) is 23.3 Å². The zero-order valence-electron chi connectivity index (χ0n) is 17.5. The zero-order valence-corrected chi connectivity index (χ0v) is 17.5. The van der Waals surface area contributed by atoms with Crippen LogP contribution in [0.5, 0.6) is 0 Å². The van der Waals surface area contributed by atoms with Crippen LogP contribution in [0.1, 0.15) is 44.4 Å². The molecule has 7 nitrogen and oxygen atoms in total. The van der Waals surface area contributed by atoms with Gasteiger partial charge < -0.3 is 20.0 Å². The summed E-state index contributed by atoms with van der Waals surface area (Å²) in [7, 11) is 3.51. The quantitative estimate of drug-likeness (QED) is 0.566. The van der Waals surface area contributed by atoms with Crippen molar-refractivity contribution in [1.29, 1.82) is 0 Å². The molecule has 152 valence electrons. The molecule has 7 heteroatoms. The van der Waals surface area contributed by atoms with Crippen LogP contribution in [0, 0.1) is 0 Å². The summed E-state index contributed by atoms with van der Waals surface area (Å²) in [5.41, 5.74) is 1.04. The fourth-order valence-corrected chi connectivity index (χ4v) is 2.54. The van der Waals surface area contributed by atoms with E-state index in [1.54, 1.807) is 18.1 Å². The summed E-state index contributed by atoms with van der Waals surface area (Å²) in [4.78, 5) is 22.5. The smallest absolute Gasteiger partial charge is 0.224 e. The van der Waals surface area contributed by atoms with Gasteiger partial charge in [-0.2, -0.15) is 0 Å². The lowest BCUT2D eigenvalue weighted by Gasteiger charge is -2.18. The number of guanidine groups is 1. The van der Waals surface area contributed by atoms with Crippen LogP contribution in [-0.4, -0.2) is 42.4 Å². The summed E-state index contributed by atoms with van der Waals surface area (Å²) < 4.78 is 5.76. The van der Waals surface area contributed by atoms with Crippen LogP contribution in [0.15, 0.2) is 45.9 Å². The van der Waals surface area contributed by atoms with Crippen molar-refractivity contribution in [2.75, 3.05) is 20.6 Å². The molecule has 0 spiro atoms. The Morgan fingerprint density at radius 2 is 1.93 bits per heavy atom. The topological polar surface area (TPSA) is 82.8 Å². The average molecular weight is 386 g/mol. The molecule has 2 rings (SSSR count). The highest BCUT2D eigenvalue weighted by Gasteiger charge is 2.19. The van der Waals surface area contributed by atoms with Crippen LogP contribution < -0.4 is 10.6 Å². The van der Waals surface area contributed by atoms with Crippen molar-refractivity contribution in [3.63, 3.8) is 0 Å². The molecule has 1 aromatic carbocycles. The highest BCUT2D eigenvalue weighted by molar-refractivity contribution is 5.81. The highest BCUT2D eigenvalue weighted by atomic mass is 16.4. The van der Waals surface area contributed by atoms with Crippen LogP contribution >= 0.6 is 0 Å². The maximum absolute atomic E-state index is 12.3. The van der Waals surface area contributed by atoms with Crippen molar-refractivity contribution < 1.29 is 9.21 Å². The lowest BCUT2D eigenvalue weighted by Crippen LogP contribution is -2.39. The molecule has 0 aliphatic rings. The Labute approximate surface area is 167 Å². The molecule has 0 radical (unpaired) electrons. The van der Waals surface area contributed by atoms with Gasteiger partial charge in [0.25, 0.3) is 0 Å². The standard InChI is InChI=1S/C21H31N5O2/c1-21(2,3)17-13-24-18(28-17)14-25-20(22-4)23-12-11-19(27)26(5)15-16-9-7-6-8-10-16/h6-10,13H,11-12,14-15H2,1-5H3,(H2,22,23,25). The Bertz CT molecular complexity index is 778. The summed E-state index contributed by atoms with van der Waals surface area (Å²) in [6.07, 6.45) is 2.14. The second kappa shape index (κ2) is 9.92. The van der Waals surface area contributed by atoms with Crippen molar-refractivity contribution in [3.05, 3.63) is 53.7 Å². The van der Waals surface area contributed by atoms with Crippen LogP contribution in [0.4, 0.5) is 0 Å². The lowest BCUT2D eigenvalue weighted by atomic mass is 9.94. The number of carbonyl (C=O) groups excluding carboxylic acids is 1. The third-order valence-electron chi connectivity index (χ3n) is 4.24. The Morgan fingerprint density at radius 3 is 2.54 bits per heavy atom. The van der Waals surface area contributed by atoms with Gasteiger partial charge in [-0.25, -0.2) is 4.98 Å². The fraction of sp³-hybridized carbons (Fsp3) is 0.476. The molecule has 2 N–H and O–H groups in total. The van der Waals surface area contributed by atoms with Crippen LogP contribution in [0.25, 0.3) is 0 Å². The van der Waals surface area contributed by atoms with Gasteiger partial charge >= 0.3 is 0 Å². The molecular formula is C21H31N5O2. The molecule has 1 amide bonds. The van der Waals surface area contributed by atoms with Crippen molar-refractivity contribution in [1.82, 2.24) is 20.5 Å². The summed E-state index contributed by atoms with van der Waals surface area (Å²) in [6.45, 7) is 7.77. The Morgan fingerprint density at radius 1 is 1.21 bits per heavy atom. The minimum Gasteiger partial charge on any atom is -0.443 e. The molecule has 0 unspecified atom stereocenters. The number of nitrogens with zero attached hydrogens (tertiary/aromatic N) is 3. The van der Waals surface area contributed by atoms with E-state index in [2.05, 4.69) is 41.4 Å². The van der Waals surface area contributed by atoms with Crippen molar-refractivity contribution >= 4 is 11.9 Å². The molecule has 0 saturated carbocycles. The average Bonchev–Trinajstić information content (AvgIpc) is 3.14. The van der Waals surface area contributed by atoms with E-state index in [9.17, 15) is 4.79 Å². The monoisotopic (exact) mass is 385 g/mol. The number of nitrogens with one attached hydrogen (secondary N) is 2. The molecule has 0 saturated heterocycles. The van der Waals surface area contributed by atoms with E-state index in [0.717, 1.165) is 11.3 Å². The predicted octanol–water partition coefficient (Wildman–Crippen LogP) is 2.69. The van der Waals surface area contributed by atoms with Gasteiger partial charge in [0.05, 0.1) is 12.7 Å². The van der Waals surface area contributed by atoms with Gasteiger partial charge in [0.1, 0.15) is 5.76 Å². The molecule has 28 heavy (non-hydrogen) atoms. The summed E-state index contributed by atoms with van der Waals surface area (Å²) in [5.74, 6) is 2.13. The van der Waals surface area contributed by atoms with E-state index in [1.165, 1.54) is 0 Å². The molecule has 0 fully saturated rings. The number of amides is 1. The van der Waals surface area contributed by atoms with Gasteiger partial charge in [-0.3, -0.25) is 9.79 Å². The Balaban J connectivity index is 1.73. The molecular weight excluding hydrogens is 354 g/mol. The van der Waals surface area contributed by atoms with Gasteiger partial charge in [0.2, 0.25) is 11.8 Å². The number of aliphatic imine (C=N–C) groups is 1. The lowest BCUT2D eigenvalue weighted by molar-refractivity contribution is -0.130. The normalized spacial score (nSPS) is 12.0. The van der Waals surface area contributed by atoms with E-state index in [0.29, 0.717) is 37.9 Å². The number of hydrogen-bond donors (Lipinski definition) is 2. The van der Waals surface area contributed by atoms with Gasteiger partial charge in [-0.15, -0.1) is 0 Å². The van der Waals surface area contributed by atoms with E-state index >= 15 is 0 Å². The molecule has 2 aromatic rings. The first-order valence-corrected chi connectivity index (χ1v) is 9.47. The van der Waals surface area contributed by atoms with Crippen molar-refractivity contribution in [3.8, 4) is 0 Å². The first-order valence-electron chi connectivity index (χ1n) is 9.47. The number of hydrogen-bond acceptors (Lipinski definition) is 4. The largest absolute Gasteiger partial charge is 0.443 e. The third kappa shape index (κ3) is 6.72. The molecule has 1 aromatic heterocycles. The van der Waals surface area contributed by atoms with Crippen LogP contribution in [0.2, 0.25) is 0 Å². The fourth-order valence-electron chi connectivity index (χ4n) is 2.54. The Hall–Kier alpha value is -2.83. The van der Waals surface area contributed by atoms with Crippen molar-refractivity contribution in [2.24, 2.45) is 4.99 Å². The van der Waals surface area contributed by atoms with E-state index < -0.39 is 0 Å². The minimum atomic E-state index is -0.0721. The molecule has 0 aliphatic carbocycles. The van der Waals surface area contributed by atoms with Gasteiger partial charge in [-0.1, -0.05) is 51.1 Å². The highest BCUT2D eigenvalue weighted by Crippen LogP contribution is 2.22. The van der Waals surface area contributed by atoms with Crippen LogP contribution in [0.3, 0.4) is 0 Å². The first kappa shape index (κ1) is 21.5. The summed E-state index contributed by atoms with van der Waals surface area (Å²) >= 11 is 0. The zero-order chi connectivity index (χ0) is 20.6.